The number of aryl methyl sites for hydroxylation is 1. The number of ether oxygens (including phenoxy) is 1. The van der Waals surface area contributed by atoms with Crippen LogP contribution in [0.15, 0.2) is 24.3 Å². The molecular formula is C13H13FN2O3. The Hall–Kier alpha value is -2.37. The average molecular weight is 264 g/mol. The van der Waals surface area contributed by atoms with Gasteiger partial charge in [-0.2, -0.15) is 5.10 Å². The molecule has 0 aliphatic rings. The summed E-state index contributed by atoms with van der Waals surface area (Å²) in [5, 5.41) is 13.0. The standard InChI is InChI=1S/C13H13FN2O3/c1-3-19-12-10(8-6-4-5-7-9(8)14)11(13(17)18)15-16(12)2/h4-7H,3H2,1-2H3,(H,17,18). The molecule has 2 rings (SSSR count). The highest BCUT2D eigenvalue weighted by Gasteiger charge is 2.25. The molecule has 6 heteroatoms. The van der Waals surface area contributed by atoms with Gasteiger partial charge in [0.1, 0.15) is 5.82 Å². The van der Waals surface area contributed by atoms with Crippen molar-refractivity contribution in [3.05, 3.63) is 35.8 Å². The van der Waals surface area contributed by atoms with Crippen molar-refractivity contribution < 1.29 is 19.0 Å². The number of benzene rings is 1. The van der Waals surface area contributed by atoms with Crippen LogP contribution in [-0.4, -0.2) is 27.5 Å². The Kier molecular flexibility index (Phi) is 3.50. The first-order valence-electron chi connectivity index (χ1n) is 5.74. The van der Waals surface area contributed by atoms with Gasteiger partial charge in [0.2, 0.25) is 5.88 Å². The molecule has 0 atom stereocenters. The fourth-order valence-corrected chi connectivity index (χ4v) is 1.87. The van der Waals surface area contributed by atoms with Crippen molar-refractivity contribution in [1.29, 1.82) is 0 Å². The third-order valence-electron chi connectivity index (χ3n) is 2.62. The first kappa shape index (κ1) is 13.1. The number of hydrogen-bond acceptors (Lipinski definition) is 3. The van der Waals surface area contributed by atoms with E-state index in [0.29, 0.717) is 6.61 Å². The number of halogens is 1. The molecule has 2 aromatic rings. The van der Waals surface area contributed by atoms with Gasteiger partial charge in [-0.15, -0.1) is 0 Å². The van der Waals surface area contributed by atoms with E-state index < -0.39 is 11.8 Å². The van der Waals surface area contributed by atoms with E-state index in [4.69, 9.17) is 4.74 Å². The minimum atomic E-state index is -1.22. The normalized spacial score (nSPS) is 10.5. The number of carboxylic acids is 1. The summed E-state index contributed by atoms with van der Waals surface area (Å²) < 4.78 is 20.5. The predicted octanol–water partition coefficient (Wildman–Crippen LogP) is 2.32. The van der Waals surface area contributed by atoms with Crippen molar-refractivity contribution in [2.45, 2.75) is 6.92 Å². The largest absolute Gasteiger partial charge is 0.478 e. The van der Waals surface area contributed by atoms with Crippen LogP contribution in [0.2, 0.25) is 0 Å². The van der Waals surface area contributed by atoms with Gasteiger partial charge >= 0.3 is 5.97 Å². The molecule has 0 aliphatic heterocycles. The SMILES string of the molecule is CCOc1c(-c2ccccc2F)c(C(=O)O)nn1C. The van der Waals surface area contributed by atoms with Crippen molar-refractivity contribution in [2.24, 2.45) is 7.05 Å². The van der Waals surface area contributed by atoms with Gasteiger partial charge in [0.05, 0.1) is 12.2 Å². The maximum absolute atomic E-state index is 13.9. The molecule has 0 saturated heterocycles. The van der Waals surface area contributed by atoms with Gasteiger partial charge in [0.15, 0.2) is 5.69 Å². The summed E-state index contributed by atoms with van der Waals surface area (Å²) >= 11 is 0. The summed E-state index contributed by atoms with van der Waals surface area (Å²) in [7, 11) is 1.56. The molecule has 0 aliphatic carbocycles. The van der Waals surface area contributed by atoms with Crippen LogP contribution in [0.5, 0.6) is 5.88 Å². The first-order valence-corrected chi connectivity index (χ1v) is 5.74. The Labute approximate surface area is 109 Å². The molecule has 1 N–H and O–H groups in total. The van der Waals surface area contributed by atoms with Crippen LogP contribution < -0.4 is 4.74 Å². The smallest absolute Gasteiger partial charge is 0.357 e. The second-order valence-corrected chi connectivity index (χ2v) is 3.87. The maximum Gasteiger partial charge on any atom is 0.357 e. The van der Waals surface area contributed by atoms with Crippen LogP contribution in [0, 0.1) is 5.82 Å². The molecule has 1 heterocycles. The van der Waals surface area contributed by atoms with Gasteiger partial charge < -0.3 is 9.84 Å². The summed E-state index contributed by atoms with van der Waals surface area (Å²) in [6.07, 6.45) is 0. The number of hydrogen-bond donors (Lipinski definition) is 1. The summed E-state index contributed by atoms with van der Waals surface area (Å²) in [6, 6.07) is 5.94. The fourth-order valence-electron chi connectivity index (χ4n) is 1.87. The molecule has 100 valence electrons. The Morgan fingerprint density at radius 2 is 2.16 bits per heavy atom. The lowest BCUT2D eigenvalue weighted by atomic mass is 10.1. The first-order chi connectivity index (χ1) is 9.06. The Balaban J connectivity index is 2.72. The minimum absolute atomic E-state index is 0.162. The van der Waals surface area contributed by atoms with Crippen LogP contribution >= 0.6 is 0 Å². The zero-order valence-corrected chi connectivity index (χ0v) is 10.6. The van der Waals surface area contributed by atoms with E-state index in [1.165, 1.54) is 22.9 Å². The molecule has 0 bridgehead atoms. The van der Waals surface area contributed by atoms with Crippen LogP contribution in [-0.2, 0) is 7.05 Å². The summed E-state index contributed by atoms with van der Waals surface area (Å²) in [5.41, 5.74) is 0.0995. The van der Waals surface area contributed by atoms with E-state index in [1.807, 2.05) is 0 Å². The number of aromatic carboxylic acids is 1. The van der Waals surface area contributed by atoms with Crippen molar-refractivity contribution >= 4 is 5.97 Å². The lowest BCUT2D eigenvalue weighted by molar-refractivity contribution is 0.0690. The number of carboxylic acid groups (broad SMARTS) is 1. The summed E-state index contributed by atoms with van der Waals surface area (Å²) in [5.74, 6) is -1.50. The van der Waals surface area contributed by atoms with Gasteiger partial charge in [-0.05, 0) is 13.0 Å². The van der Waals surface area contributed by atoms with Gasteiger partial charge in [-0.25, -0.2) is 13.9 Å². The molecule has 0 saturated carbocycles. The van der Waals surface area contributed by atoms with Crippen molar-refractivity contribution in [1.82, 2.24) is 9.78 Å². The van der Waals surface area contributed by atoms with E-state index in [1.54, 1.807) is 20.0 Å². The predicted molar refractivity (Wildman–Crippen MR) is 66.7 cm³/mol. The van der Waals surface area contributed by atoms with E-state index in [-0.39, 0.29) is 22.7 Å². The Morgan fingerprint density at radius 3 is 2.74 bits per heavy atom. The maximum atomic E-state index is 13.9. The molecule has 0 spiro atoms. The lowest BCUT2D eigenvalue weighted by Crippen LogP contribution is -2.01. The lowest BCUT2D eigenvalue weighted by Gasteiger charge is -2.07. The third-order valence-corrected chi connectivity index (χ3v) is 2.62. The van der Waals surface area contributed by atoms with Crippen molar-refractivity contribution in [3.8, 4) is 17.0 Å². The van der Waals surface area contributed by atoms with Crippen LogP contribution in [0.4, 0.5) is 4.39 Å². The Morgan fingerprint density at radius 1 is 1.47 bits per heavy atom. The number of rotatable bonds is 4. The van der Waals surface area contributed by atoms with E-state index in [2.05, 4.69) is 5.10 Å². The highest BCUT2D eigenvalue weighted by Crippen LogP contribution is 2.34. The molecule has 0 amide bonds. The van der Waals surface area contributed by atoms with E-state index in [0.717, 1.165) is 0 Å². The zero-order valence-electron chi connectivity index (χ0n) is 10.6. The summed E-state index contributed by atoms with van der Waals surface area (Å²) in [6.45, 7) is 2.10. The van der Waals surface area contributed by atoms with Crippen LogP contribution in [0.25, 0.3) is 11.1 Å². The molecule has 19 heavy (non-hydrogen) atoms. The molecular weight excluding hydrogens is 251 g/mol. The van der Waals surface area contributed by atoms with Gasteiger partial charge in [0.25, 0.3) is 0 Å². The number of aromatic nitrogens is 2. The molecule has 1 aromatic carbocycles. The summed E-state index contributed by atoms with van der Waals surface area (Å²) in [4.78, 5) is 11.2. The molecule has 1 aromatic heterocycles. The third kappa shape index (κ3) is 2.29. The van der Waals surface area contributed by atoms with Gasteiger partial charge in [0, 0.05) is 12.6 Å². The number of carbonyl (C=O) groups is 1. The highest BCUT2D eigenvalue weighted by atomic mass is 19.1. The van der Waals surface area contributed by atoms with Crippen molar-refractivity contribution in [2.75, 3.05) is 6.61 Å². The monoisotopic (exact) mass is 264 g/mol. The minimum Gasteiger partial charge on any atom is -0.478 e. The zero-order chi connectivity index (χ0) is 14.0. The molecule has 0 radical (unpaired) electrons. The molecule has 0 unspecified atom stereocenters. The second-order valence-electron chi connectivity index (χ2n) is 3.87. The van der Waals surface area contributed by atoms with Crippen LogP contribution in [0.1, 0.15) is 17.4 Å². The van der Waals surface area contributed by atoms with E-state index >= 15 is 0 Å². The molecule has 0 fully saturated rings. The topological polar surface area (TPSA) is 64.3 Å². The molecule has 5 nitrogen and oxygen atoms in total. The van der Waals surface area contributed by atoms with E-state index in [9.17, 15) is 14.3 Å². The second kappa shape index (κ2) is 5.09. The van der Waals surface area contributed by atoms with Gasteiger partial charge in [-0.1, -0.05) is 18.2 Å². The highest BCUT2D eigenvalue weighted by molar-refractivity contribution is 5.95. The fraction of sp³-hybridized carbons (Fsp3) is 0.231. The van der Waals surface area contributed by atoms with Crippen LogP contribution in [0.3, 0.4) is 0 Å². The number of nitrogens with zero attached hydrogens (tertiary/aromatic N) is 2. The van der Waals surface area contributed by atoms with Gasteiger partial charge in [-0.3, -0.25) is 0 Å². The Bertz CT molecular complexity index is 622. The quantitative estimate of drug-likeness (QED) is 0.920. The average Bonchev–Trinajstić information content (AvgIpc) is 2.69. The van der Waals surface area contributed by atoms with Crippen molar-refractivity contribution in [3.63, 3.8) is 0 Å².